The summed E-state index contributed by atoms with van der Waals surface area (Å²) < 4.78 is 0. The van der Waals surface area contributed by atoms with Gasteiger partial charge in [0.2, 0.25) is 6.10 Å². The van der Waals surface area contributed by atoms with Crippen LogP contribution in [0.1, 0.15) is 0 Å². The molecule has 0 saturated heterocycles. The van der Waals surface area contributed by atoms with Crippen LogP contribution in [-0.4, -0.2) is 41.3 Å². The third-order valence-corrected chi connectivity index (χ3v) is 0.929. The number of aliphatic hydroxyl groups is 2. The molecule has 0 aromatic carbocycles. The van der Waals surface area contributed by atoms with E-state index in [0.29, 0.717) is 0 Å². The number of nitrogens with two attached hydrogens (primary N) is 1. The van der Waals surface area contributed by atoms with Crippen LogP contribution in [0.2, 0.25) is 0 Å². The zero-order valence-corrected chi connectivity index (χ0v) is 5.78. The standard InChI is InChI=1S/C5H10N2O4/c6-4(10)3(9)5(11)7-1-2-8/h3,8-9H,1-2H2,(H2,6,10)(H,7,11). The predicted octanol–water partition coefficient (Wildman–Crippen LogP) is -3.06. The van der Waals surface area contributed by atoms with Crippen molar-refractivity contribution in [2.24, 2.45) is 5.73 Å². The smallest absolute Gasteiger partial charge is 0.258 e. The van der Waals surface area contributed by atoms with Gasteiger partial charge in [-0.1, -0.05) is 0 Å². The van der Waals surface area contributed by atoms with Crippen molar-refractivity contribution in [1.29, 1.82) is 0 Å². The van der Waals surface area contributed by atoms with Crippen LogP contribution < -0.4 is 11.1 Å². The number of nitrogens with one attached hydrogen (secondary N) is 1. The van der Waals surface area contributed by atoms with E-state index in [1.807, 2.05) is 0 Å². The quantitative estimate of drug-likeness (QED) is 0.329. The second-order valence-corrected chi connectivity index (χ2v) is 1.82. The van der Waals surface area contributed by atoms with Crippen LogP contribution in [0.25, 0.3) is 0 Å². The van der Waals surface area contributed by atoms with Crippen molar-refractivity contribution in [3.63, 3.8) is 0 Å². The summed E-state index contributed by atoms with van der Waals surface area (Å²) in [7, 11) is 0. The maximum Gasteiger partial charge on any atom is 0.258 e. The lowest BCUT2D eigenvalue weighted by Gasteiger charge is -2.05. The topological polar surface area (TPSA) is 113 Å². The van der Waals surface area contributed by atoms with Crippen LogP contribution in [0.5, 0.6) is 0 Å². The molecule has 5 N–H and O–H groups in total. The van der Waals surface area contributed by atoms with E-state index < -0.39 is 17.9 Å². The van der Waals surface area contributed by atoms with E-state index >= 15 is 0 Å². The minimum Gasteiger partial charge on any atom is -0.395 e. The van der Waals surface area contributed by atoms with Gasteiger partial charge in [-0.2, -0.15) is 0 Å². The van der Waals surface area contributed by atoms with Gasteiger partial charge < -0.3 is 21.3 Å². The molecule has 0 aliphatic heterocycles. The Labute approximate surface area is 63.0 Å². The first-order valence-corrected chi connectivity index (χ1v) is 2.95. The average molecular weight is 162 g/mol. The highest BCUT2D eigenvalue weighted by Crippen LogP contribution is 1.79. The SMILES string of the molecule is NC(=O)C(O)C(=O)NCCO. The van der Waals surface area contributed by atoms with Crippen molar-refractivity contribution in [3.8, 4) is 0 Å². The third kappa shape index (κ3) is 3.54. The van der Waals surface area contributed by atoms with Crippen LogP contribution in [0, 0.1) is 0 Å². The number of rotatable bonds is 4. The van der Waals surface area contributed by atoms with Gasteiger partial charge >= 0.3 is 0 Å². The van der Waals surface area contributed by atoms with Crippen molar-refractivity contribution < 1.29 is 19.8 Å². The Kier molecular flexibility index (Phi) is 4.16. The Balaban J connectivity index is 3.74. The molecular formula is C5H10N2O4. The first-order chi connectivity index (χ1) is 5.09. The fourth-order valence-electron chi connectivity index (χ4n) is 0.405. The number of hydrogen-bond acceptors (Lipinski definition) is 4. The Morgan fingerprint density at radius 1 is 1.55 bits per heavy atom. The van der Waals surface area contributed by atoms with Gasteiger partial charge in [-0.05, 0) is 0 Å². The first-order valence-electron chi connectivity index (χ1n) is 2.95. The van der Waals surface area contributed by atoms with E-state index in [1.54, 1.807) is 0 Å². The van der Waals surface area contributed by atoms with E-state index in [1.165, 1.54) is 0 Å². The molecule has 6 heteroatoms. The van der Waals surface area contributed by atoms with Gasteiger partial charge in [-0.25, -0.2) is 0 Å². The lowest BCUT2D eigenvalue weighted by atomic mass is 10.3. The molecule has 0 aromatic rings. The minimum absolute atomic E-state index is 0.0107. The molecule has 0 rings (SSSR count). The lowest BCUT2D eigenvalue weighted by Crippen LogP contribution is -2.43. The number of aliphatic hydroxyl groups excluding tert-OH is 2. The lowest BCUT2D eigenvalue weighted by molar-refractivity contribution is -0.139. The zero-order valence-electron chi connectivity index (χ0n) is 5.78. The summed E-state index contributed by atoms with van der Waals surface area (Å²) in [6.07, 6.45) is -1.83. The molecule has 0 bridgehead atoms. The second kappa shape index (κ2) is 4.64. The molecule has 0 saturated carbocycles. The van der Waals surface area contributed by atoms with E-state index in [9.17, 15) is 9.59 Å². The number of carbonyl (C=O) groups excluding carboxylic acids is 2. The normalized spacial score (nSPS) is 12.2. The van der Waals surface area contributed by atoms with E-state index in [4.69, 9.17) is 10.2 Å². The van der Waals surface area contributed by atoms with Gasteiger partial charge in [0.05, 0.1) is 6.61 Å². The molecule has 0 spiro atoms. The molecule has 0 radical (unpaired) electrons. The van der Waals surface area contributed by atoms with E-state index in [2.05, 4.69) is 11.1 Å². The molecule has 0 fully saturated rings. The summed E-state index contributed by atoms with van der Waals surface area (Å²) in [5, 5.41) is 19.0. The summed E-state index contributed by atoms with van der Waals surface area (Å²) in [5.41, 5.74) is 4.60. The van der Waals surface area contributed by atoms with Gasteiger partial charge in [-0.15, -0.1) is 0 Å². The van der Waals surface area contributed by atoms with Gasteiger partial charge in [0.25, 0.3) is 11.8 Å². The van der Waals surface area contributed by atoms with Crippen LogP contribution in [0.4, 0.5) is 0 Å². The fourth-order valence-corrected chi connectivity index (χ4v) is 0.405. The number of carbonyl (C=O) groups is 2. The van der Waals surface area contributed by atoms with Gasteiger partial charge in [0.1, 0.15) is 0 Å². The summed E-state index contributed by atoms with van der Waals surface area (Å²) in [5.74, 6) is -2.01. The highest BCUT2D eigenvalue weighted by molar-refractivity contribution is 6.02. The predicted molar refractivity (Wildman–Crippen MR) is 35.3 cm³/mol. The van der Waals surface area contributed by atoms with Crippen molar-refractivity contribution in [2.45, 2.75) is 6.10 Å². The van der Waals surface area contributed by atoms with Crippen LogP contribution in [0.3, 0.4) is 0 Å². The number of hydrogen-bond donors (Lipinski definition) is 4. The van der Waals surface area contributed by atoms with Gasteiger partial charge in [-0.3, -0.25) is 9.59 Å². The molecule has 0 heterocycles. The number of primary amides is 1. The highest BCUT2D eigenvalue weighted by atomic mass is 16.3. The molecule has 1 atom stereocenters. The summed E-state index contributed by atoms with van der Waals surface area (Å²) >= 11 is 0. The molecule has 6 nitrogen and oxygen atoms in total. The molecule has 0 aliphatic carbocycles. The molecule has 2 amide bonds. The Morgan fingerprint density at radius 2 is 2.09 bits per heavy atom. The molecule has 0 aliphatic rings. The van der Waals surface area contributed by atoms with E-state index in [0.717, 1.165) is 0 Å². The molecule has 64 valence electrons. The van der Waals surface area contributed by atoms with Gasteiger partial charge in [0, 0.05) is 6.54 Å². The Morgan fingerprint density at radius 3 is 2.45 bits per heavy atom. The first kappa shape index (κ1) is 9.86. The monoisotopic (exact) mass is 162 g/mol. The third-order valence-electron chi connectivity index (χ3n) is 0.929. The largest absolute Gasteiger partial charge is 0.395 e. The zero-order chi connectivity index (χ0) is 8.85. The van der Waals surface area contributed by atoms with Crippen molar-refractivity contribution in [3.05, 3.63) is 0 Å². The maximum atomic E-state index is 10.6. The van der Waals surface area contributed by atoms with Crippen molar-refractivity contribution >= 4 is 11.8 Å². The van der Waals surface area contributed by atoms with Crippen LogP contribution >= 0.6 is 0 Å². The summed E-state index contributed by atoms with van der Waals surface area (Å²) in [6.45, 7) is -0.263. The average Bonchev–Trinajstić information content (AvgIpc) is 1.98. The highest BCUT2D eigenvalue weighted by Gasteiger charge is 2.19. The summed E-state index contributed by atoms with van der Waals surface area (Å²) in [4.78, 5) is 20.7. The van der Waals surface area contributed by atoms with Crippen molar-refractivity contribution in [2.75, 3.05) is 13.2 Å². The van der Waals surface area contributed by atoms with E-state index in [-0.39, 0.29) is 13.2 Å². The Hall–Kier alpha value is -1.14. The minimum atomic E-state index is -1.83. The number of amides is 2. The van der Waals surface area contributed by atoms with Crippen LogP contribution in [-0.2, 0) is 9.59 Å². The summed E-state index contributed by atoms with van der Waals surface area (Å²) in [6, 6.07) is 0. The fraction of sp³-hybridized carbons (Fsp3) is 0.600. The van der Waals surface area contributed by atoms with Gasteiger partial charge in [0.15, 0.2) is 0 Å². The Bertz CT molecular complexity index is 159. The molecule has 11 heavy (non-hydrogen) atoms. The van der Waals surface area contributed by atoms with Crippen LogP contribution in [0.15, 0.2) is 0 Å². The maximum absolute atomic E-state index is 10.6. The molecule has 1 unspecified atom stereocenters. The molecule has 0 aromatic heterocycles. The van der Waals surface area contributed by atoms with Crippen molar-refractivity contribution in [1.82, 2.24) is 5.32 Å². The molecular weight excluding hydrogens is 152 g/mol. The second-order valence-electron chi connectivity index (χ2n) is 1.82.